The molecule has 0 spiro atoms. The van der Waals surface area contributed by atoms with E-state index in [9.17, 15) is 4.79 Å². The zero-order valence-electron chi connectivity index (χ0n) is 16.4. The zero-order chi connectivity index (χ0) is 18.9. The van der Waals surface area contributed by atoms with Gasteiger partial charge in [0, 0.05) is 38.0 Å². The van der Waals surface area contributed by atoms with Gasteiger partial charge in [-0.25, -0.2) is 0 Å². The Balaban J connectivity index is 1.23. The molecule has 2 aromatic heterocycles. The van der Waals surface area contributed by atoms with Crippen LogP contribution >= 0.6 is 0 Å². The Bertz CT molecular complexity index is 838. The van der Waals surface area contributed by atoms with E-state index in [2.05, 4.69) is 31.4 Å². The molecule has 0 radical (unpaired) electrons. The normalized spacial score (nSPS) is 24.8. The van der Waals surface area contributed by atoms with Crippen LogP contribution in [0.15, 0.2) is 12.1 Å². The highest BCUT2D eigenvalue weighted by atomic mass is 16.1. The van der Waals surface area contributed by atoms with E-state index in [-0.39, 0.29) is 5.91 Å². The molecule has 1 unspecified atom stereocenters. The van der Waals surface area contributed by atoms with Gasteiger partial charge in [0.25, 0.3) is 0 Å². The number of nitrogens with zero attached hydrogens (tertiary/aromatic N) is 6. The van der Waals surface area contributed by atoms with Crippen molar-refractivity contribution in [1.29, 1.82) is 0 Å². The summed E-state index contributed by atoms with van der Waals surface area (Å²) in [7, 11) is 0. The number of rotatable bonds is 4. The van der Waals surface area contributed by atoms with Crippen molar-refractivity contribution in [3.05, 3.63) is 18.0 Å². The quantitative estimate of drug-likeness (QED) is 0.864. The second kappa shape index (κ2) is 7.66. The predicted octanol–water partition coefficient (Wildman–Crippen LogP) is 1.57. The summed E-state index contributed by atoms with van der Waals surface area (Å²) < 4.78 is 1.96. The Morgan fingerprint density at radius 3 is 2.64 bits per heavy atom. The van der Waals surface area contributed by atoms with Gasteiger partial charge in [0.1, 0.15) is 5.82 Å². The standard InChI is InChI=1S/C20H29N7O/c28-19-5-2-1-4-16(21-19)14-25-12-8-15(9-13-25)20-23-22-17-6-7-18(24-27(17)20)26-10-3-11-26/h6-7,15-16H,1-5,8-14H2,(H,21,28). The molecule has 0 bridgehead atoms. The van der Waals surface area contributed by atoms with Gasteiger partial charge >= 0.3 is 0 Å². The van der Waals surface area contributed by atoms with E-state index in [1.54, 1.807) is 0 Å². The van der Waals surface area contributed by atoms with Gasteiger partial charge in [0.05, 0.1) is 0 Å². The van der Waals surface area contributed by atoms with Crippen molar-refractivity contribution in [2.75, 3.05) is 37.6 Å². The van der Waals surface area contributed by atoms with Crippen molar-refractivity contribution in [3.8, 4) is 0 Å². The topological polar surface area (TPSA) is 78.7 Å². The first-order valence-electron chi connectivity index (χ1n) is 10.8. The first-order valence-corrected chi connectivity index (χ1v) is 10.8. The molecule has 3 aliphatic heterocycles. The summed E-state index contributed by atoms with van der Waals surface area (Å²) in [5.74, 6) is 2.65. The summed E-state index contributed by atoms with van der Waals surface area (Å²) in [5, 5.41) is 16.8. The lowest BCUT2D eigenvalue weighted by molar-refractivity contribution is -0.121. The molecule has 28 heavy (non-hydrogen) atoms. The average Bonchev–Trinajstić information content (AvgIpc) is 2.96. The van der Waals surface area contributed by atoms with Crippen LogP contribution in [0, 0.1) is 0 Å². The Morgan fingerprint density at radius 2 is 1.86 bits per heavy atom. The molecule has 1 amide bonds. The minimum Gasteiger partial charge on any atom is -0.355 e. The summed E-state index contributed by atoms with van der Waals surface area (Å²) >= 11 is 0. The number of hydrogen-bond donors (Lipinski definition) is 1. The molecule has 3 aliphatic rings. The van der Waals surface area contributed by atoms with Crippen LogP contribution in [-0.2, 0) is 4.79 Å². The van der Waals surface area contributed by atoms with E-state index in [4.69, 9.17) is 5.10 Å². The van der Waals surface area contributed by atoms with E-state index in [1.165, 1.54) is 6.42 Å². The maximum atomic E-state index is 11.8. The Morgan fingerprint density at radius 1 is 1.00 bits per heavy atom. The monoisotopic (exact) mass is 383 g/mol. The third-order valence-corrected chi connectivity index (χ3v) is 6.46. The maximum Gasteiger partial charge on any atom is 0.220 e. The van der Waals surface area contributed by atoms with Crippen LogP contribution in [0.5, 0.6) is 0 Å². The first-order chi connectivity index (χ1) is 13.8. The number of fused-ring (bicyclic) bond motifs is 1. The predicted molar refractivity (Wildman–Crippen MR) is 106 cm³/mol. The van der Waals surface area contributed by atoms with E-state index in [0.717, 1.165) is 82.1 Å². The second-order valence-corrected chi connectivity index (χ2v) is 8.45. The third-order valence-electron chi connectivity index (χ3n) is 6.46. The van der Waals surface area contributed by atoms with Crippen molar-refractivity contribution in [3.63, 3.8) is 0 Å². The van der Waals surface area contributed by atoms with Gasteiger partial charge in [-0.2, -0.15) is 4.52 Å². The molecule has 1 N–H and O–H groups in total. The summed E-state index contributed by atoms with van der Waals surface area (Å²) in [6, 6.07) is 4.39. The summed E-state index contributed by atoms with van der Waals surface area (Å²) in [5.41, 5.74) is 0.836. The number of carbonyl (C=O) groups is 1. The average molecular weight is 384 g/mol. The molecular formula is C20H29N7O. The number of nitrogens with one attached hydrogen (secondary N) is 1. The number of likely N-dealkylation sites (tertiary alicyclic amines) is 1. The van der Waals surface area contributed by atoms with Crippen molar-refractivity contribution in [2.24, 2.45) is 0 Å². The number of carbonyl (C=O) groups excluding carboxylic acids is 1. The second-order valence-electron chi connectivity index (χ2n) is 8.45. The van der Waals surface area contributed by atoms with Gasteiger partial charge in [-0.15, -0.1) is 15.3 Å². The summed E-state index contributed by atoms with van der Waals surface area (Å²) in [4.78, 5) is 16.6. The summed E-state index contributed by atoms with van der Waals surface area (Å²) in [6.45, 7) is 5.23. The smallest absolute Gasteiger partial charge is 0.220 e. The van der Waals surface area contributed by atoms with Crippen molar-refractivity contribution < 1.29 is 4.79 Å². The van der Waals surface area contributed by atoms with E-state index < -0.39 is 0 Å². The summed E-state index contributed by atoms with van der Waals surface area (Å²) in [6.07, 6.45) is 7.34. The largest absolute Gasteiger partial charge is 0.355 e. The van der Waals surface area contributed by atoms with Crippen molar-refractivity contribution in [2.45, 2.75) is 56.9 Å². The fourth-order valence-corrected chi connectivity index (χ4v) is 4.64. The highest BCUT2D eigenvalue weighted by molar-refractivity contribution is 5.76. The Labute approximate surface area is 165 Å². The maximum absolute atomic E-state index is 11.8. The molecule has 0 aromatic carbocycles. The lowest BCUT2D eigenvalue weighted by Gasteiger charge is -2.34. The van der Waals surface area contributed by atoms with Crippen molar-refractivity contribution in [1.82, 2.24) is 30.0 Å². The minimum absolute atomic E-state index is 0.219. The molecule has 2 aromatic rings. The molecule has 1 atom stereocenters. The molecule has 0 aliphatic carbocycles. The van der Waals surface area contributed by atoms with Crippen LogP contribution in [0.4, 0.5) is 5.82 Å². The molecule has 5 heterocycles. The number of hydrogen-bond acceptors (Lipinski definition) is 6. The molecule has 0 saturated carbocycles. The highest BCUT2D eigenvalue weighted by Gasteiger charge is 2.28. The molecule has 5 rings (SSSR count). The van der Waals surface area contributed by atoms with Gasteiger partial charge in [0.15, 0.2) is 11.5 Å². The van der Waals surface area contributed by atoms with Crippen LogP contribution in [0.3, 0.4) is 0 Å². The Hall–Kier alpha value is -2.22. The van der Waals surface area contributed by atoms with Gasteiger partial charge in [-0.3, -0.25) is 4.79 Å². The van der Waals surface area contributed by atoms with Gasteiger partial charge < -0.3 is 15.1 Å². The fraction of sp³-hybridized carbons (Fsp3) is 0.700. The molecule has 8 heteroatoms. The van der Waals surface area contributed by atoms with Crippen LogP contribution in [0.2, 0.25) is 0 Å². The van der Waals surface area contributed by atoms with Gasteiger partial charge in [-0.1, -0.05) is 6.42 Å². The van der Waals surface area contributed by atoms with E-state index in [1.807, 2.05) is 10.6 Å². The lowest BCUT2D eigenvalue weighted by atomic mass is 9.95. The van der Waals surface area contributed by atoms with E-state index in [0.29, 0.717) is 18.4 Å². The zero-order valence-corrected chi connectivity index (χ0v) is 16.4. The van der Waals surface area contributed by atoms with Crippen molar-refractivity contribution >= 4 is 17.4 Å². The first kappa shape index (κ1) is 17.8. The highest BCUT2D eigenvalue weighted by Crippen LogP contribution is 2.28. The lowest BCUT2D eigenvalue weighted by Crippen LogP contribution is -2.45. The van der Waals surface area contributed by atoms with E-state index >= 15 is 0 Å². The van der Waals surface area contributed by atoms with Gasteiger partial charge in [0.2, 0.25) is 5.91 Å². The number of anilines is 1. The molecule has 3 fully saturated rings. The number of aromatic nitrogens is 4. The fourth-order valence-electron chi connectivity index (χ4n) is 4.64. The molecule has 8 nitrogen and oxygen atoms in total. The molecular weight excluding hydrogens is 354 g/mol. The SMILES string of the molecule is O=C1CCCCC(CN2CCC(c3nnc4ccc(N5CCC5)nn34)CC2)N1. The Kier molecular flexibility index (Phi) is 4.88. The minimum atomic E-state index is 0.219. The van der Waals surface area contributed by atoms with Crippen LogP contribution < -0.4 is 10.2 Å². The van der Waals surface area contributed by atoms with Crippen LogP contribution in [-0.4, -0.2) is 69.4 Å². The third kappa shape index (κ3) is 3.57. The van der Waals surface area contributed by atoms with Crippen LogP contribution in [0.1, 0.15) is 56.7 Å². The number of piperidine rings is 1. The van der Waals surface area contributed by atoms with Gasteiger partial charge in [-0.05, 0) is 57.3 Å². The molecule has 3 saturated heterocycles. The number of amides is 1. The van der Waals surface area contributed by atoms with Crippen LogP contribution in [0.25, 0.3) is 5.65 Å². The molecule has 150 valence electrons.